The number of tetrazole rings is 1. The summed E-state index contributed by atoms with van der Waals surface area (Å²) in [6.45, 7) is 8.56. The maximum atomic E-state index is 4.40. The number of hydrogen-bond acceptors (Lipinski definition) is 5. The molecule has 0 N–H and O–H groups in total. The molecular weight excluding hydrogens is 288 g/mol. The van der Waals surface area contributed by atoms with Crippen molar-refractivity contribution in [3.05, 3.63) is 35.9 Å². The van der Waals surface area contributed by atoms with Crippen molar-refractivity contribution >= 4 is 0 Å². The first-order valence-corrected chi connectivity index (χ1v) is 8.50. The first-order chi connectivity index (χ1) is 11.1. The van der Waals surface area contributed by atoms with E-state index in [0.717, 1.165) is 24.5 Å². The lowest BCUT2D eigenvalue weighted by Gasteiger charge is -2.32. The zero-order chi connectivity index (χ0) is 16.3. The molecule has 0 spiro atoms. The lowest BCUT2D eigenvalue weighted by Crippen LogP contribution is -2.35. The van der Waals surface area contributed by atoms with Gasteiger partial charge in [-0.2, -0.15) is 0 Å². The van der Waals surface area contributed by atoms with Crippen molar-refractivity contribution in [2.24, 2.45) is 0 Å². The summed E-state index contributed by atoms with van der Waals surface area (Å²) in [5.74, 6) is 0.910. The van der Waals surface area contributed by atoms with Gasteiger partial charge < -0.3 is 0 Å². The molecule has 0 radical (unpaired) electrons. The third-order valence-corrected chi connectivity index (χ3v) is 4.38. The van der Waals surface area contributed by atoms with Gasteiger partial charge in [0.2, 0.25) is 0 Å². The summed E-state index contributed by atoms with van der Waals surface area (Å²) in [5.41, 5.74) is 1.01. The third-order valence-electron chi connectivity index (χ3n) is 4.38. The van der Waals surface area contributed by atoms with Gasteiger partial charge in [-0.1, -0.05) is 18.9 Å². The molecule has 124 valence electrons. The van der Waals surface area contributed by atoms with Crippen molar-refractivity contribution in [3.63, 3.8) is 0 Å². The predicted molar refractivity (Wildman–Crippen MR) is 88.9 cm³/mol. The number of pyridine rings is 1. The van der Waals surface area contributed by atoms with Crippen LogP contribution in [0.3, 0.4) is 0 Å². The second-order valence-corrected chi connectivity index (χ2v) is 7.26. The van der Waals surface area contributed by atoms with E-state index in [1.54, 1.807) is 0 Å². The molecule has 0 amide bonds. The van der Waals surface area contributed by atoms with Crippen LogP contribution < -0.4 is 0 Å². The van der Waals surface area contributed by atoms with Gasteiger partial charge in [-0.15, -0.1) is 5.10 Å². The van der Waals surface area contributed by atoms with Gasteiger partial charge in [0.05, 0.1) is 11.6 Å². The number of nitrogens with zero attached hydrogens (tertiary/aromatic N) is 6. The summed E-state index contributed by atoms with van der Waals surface area (Å²) < 4.78 is 1.95. The zero-order valence-corrected chi connectivity index (χ0v) is 14.3. The van der Waals surface area contributed by atoms with E-state index in [1.165, 1.54) is 25.7 Å². The summed E-state index contributed by atoms with van der Waals surface area (Å²) in [5, 5.41) is 12.6. The van der Waals surface area contributed by atoms with Crippen molar-refractivity contribution in [2.45, 2.75) is 58.0 Å². The molecule has 0 aromatic carbocycles. The molecule has 6 nitrogen and oxygen atoms in total. The van der Waals surface area contributed by atoms with Crippen molar-refractivity contribution in [2.75, 3.05) is 13.1 Å². The number of likely N-dealkylation sites (tertiary alicyclic amines) is 1. The van der Waals surface area contributed by atoms with E-state index in [9.17, 15) is 0 Å². The van der Waals surface area contributed by atoms with Crippen LogP contribution in [0.2, 0.25) is 0 Å². The Balaban J connectivity index is 2.04. The van der Waals surface area contributed by atoms with Gasteiger partial charge in [0.25, 0.3) is 0 Å². The van der Waals surface area contributed by atoms with E-state index >= 15 is 0 Å². The highest BCUT2D eigenvalue weighted by atomic mass is 15.6. The Labute approximate surface area is 137 Å². The molecule has 0 saturated carbocycles. The summed E-state index contributed by atoms with van der Waals surface area (Å²) in [7, 11) is 0. The average Bonchev–Trinajstić information content (AvgIpc) is 2.86. The van der Waals surface area contributed by atoms with Gasteiger partial charge in [-0.05, 0) is 68.8 Å². The smallest absolute Gasteiger partial charge is 0.173 e. The molecule has 1 aliphatic heterocycles. The van der Waals surface area contributed by atoms with Crippen LogP contribution in [0.5, 0.6) is 0 Å². The van der Waals surface area contributed by atoms with Gasteiger partial charge in [0, 0.05) is 12.4 Å². The largest absolute Gasteiger partial charge is 0.290 e. The van der Waals surface area contributed by atoms with Gasteiger partial charge in [-0.3, -0.25) is 9.88 Å². The zero-order valence-electron chi connectivity index (χ0n) is 14.3. The lowest BCUT2D eigenvalue weighted by atomic mass is 10.0. The molecule has 3 rings (SSSR count). The Kier molecular flexibility index (Phi) is 4.71. The normalized spacial score (nSPS) is 18.6. The fourth-order valence-electron chi connectivity index (χ4n) is 3.26. The van der Waals surface area contributed by atoms with E-state index in [4.69, 9.17) is 0 Å². The maximum Gasteiger partial charge on any atom is 0.173 e. The molecule has 1 aliphatic rings. The molecule has 0 aliphatic carbocycles. The van der Waals surface area contributed by atoms with Crippen LogP contribution in [0.1, 0.15) is 63.9 Å². The Bertz CT molecular complexity index is 608. The minimum Gasteiger partial charge on any atom is -0.290 e. The van der Waals surface area contributed by atoms with E-state index in [1.807, 2.05) is 23.1 Å². The van der Waals surface area contributed by atoms with Crippen LogP contribution in [-0.2, 0) is 5.54 Å². The minimum absolute atomic E-state index is 0.0658. The Morgan fingerprint density at radius 3 is 2.43 bits per heavy atom. The van der Waals surface area contributed by atoms with Crippen LogP contribution in [0.25, 0.3) is 0 Å². The Hall–Kier alpha value is -1.82. The van der Waals surface area contributed by atoms with Gasteiger partial charge >= 0.3 is 0 Å². The molecule has 2 aromatic heterocycles. The quantitative estimate of drug-likeness (QED) is 0.872. The monoisotopic (exact) mass is 314 g/mol. The number of rotatable bonds is 3. The highest BCUT2D eigenvalue weighted by Gasteiger charge is 2.31. The SMILES string of the molecule is CC(C)(C)n1nnnc1[C@H](c1cccnc1)N1CCCCCC1. The van der Waals surface area contributed by atoms with Gasteiger partial charge in [0.15, 0.2) is 5.82 Å². The van der Waals surface area contributed by atoms with Crippen LogP contribution in [0.15, 0.2) is 24.5 Å². The van der Waals surface area contributed by atoms with Crippen LogP contribution in [-0.4, -0.2) is 43.2 Å². The fraction of sp³-hybridized carbons (Fsp3) is 0.647. The molecule has 1 atom stereocenters. The molecule has 0 bridgehead atoms. The van der Waals surface area contributed by atoms with Crippen LogP contribution in [0, 0.1) is 0 Å². The summed E-state index contributed by atoms with van der Waals surface area (Å²) >= 11 is 0. The molecule has 23 heavy (non-hydrogen) atoms. The molecule has 1 saturated heterocycles. The van der Waals surface area contributed by atoms with Crippen molar-refractivity contribution < 1.29 is 0 Å². The average molecular weight is 314 g/mol. The van der Waals surface area contributed by atoms with E-state index in [2.05, 4.69) is 52.2 Å². The predicted octanol–water partition coefficient (Wildman–Crippen LogP) is 2.79. The summed E-state index contributed by atoms with van der Waals surface area (Å²) in [6.07, 6.45) is 8.83. The molecule has 1 fully saturated rings. The third kappa shape index (κ3) is 3.58. The molecular formula is C17H26N6. The molecule has 2 aromatic rings. The molecule has 3 heterocycles. The fourth-order valence-corrected chi connectivity index (χ4v) is 3.26. The van der Waals surface area contributed by atoms with Crippen molar-refractivity contribution in [1.82, 2.24) is 30.1 Å². The highest BCUT2D eigenvalue weighted by Crippen LogP contribution is 2.30. The number of aromatic nitrogens is 5. The first kappa shape index (κ1) is 16.1. The minimum atomic E-state index is -0.148. The van der Waals surface area contributed by atoms with Crippen molar-refractivity contribution in [1.29, 1.82) is 0 Å². The molecule has 0 unspecified atom stereocenters. The van der Waals surface area contributed by atoms with E-state index in [-0.39, 0.29) is 11.6 Å². The number of hydrogen-bond donors (Lipinski definition) is 0. The lowest BCUT2D eigenvalue weighted by molar-refractivity contribution is 0.208. The summed E-state index contributed by atoms with van der Waals surface area (Å²) in [4.78, 5) is 6.83. The second kappa shape index (κ2) is 6.74. The standard InChI is InChI=1S/C17H26N6/c1-17(2,3)23-16(19-20-21-23)15(14-9-8-10-18-13-14)22-11-6-4-5-7-12-22/h8-10,13,15H,4-7,11-12H2,1-3H3/t15-/m0/s1. The van der Waals surface area contributed by atoms with Gasteiger partial charge in [-0.25, -0.2) is 4.68 Å². The first-order valence-electron chi connectivity index (χ1n) is 8.50. The van der Waals surface area contributed by atoms with Crippen LogP contribution >= 0.6 is 0 Å². The summed E-state index contributed by atoms with van der Waals surface area (Å²) in [6, 6.07) is 4.19. The van der Waals surface area contributed by atoms with E-state index < -0.39 is 0 Å². The Morgan fingerprint density at radius 2 is 1.83 bits per heavy atom. The molecule has 6 heteroatoms. The second-order valence-electron chi connectivity index (χ2n) is 7.26. The topological polar surface area (TPSA) is 59.7 Å². The van der Waals surface area contributed by atoms with E-state index in [0.29, 0.717) is 0 Å². The van der Waals surface area contributed by atoms with Gasteiger partial charge in [0.1, 0.15) is 0 Å². The van der Waals surface area contributed by atoms with Crippen LogP contribution in [0.4, 0.5) is 0 Å². The maximum absolute atomic E-state index is 4.40. The highest BCUT2D eigenvalue weighted by molar-refractivity contribution is 5.22. The Morgan fingerprint density at radius 1 is 1.09 bits per heavy atom. The van der Waals surface area contributed by atoms with Crippen molar-refractivity contribution in [3.8, 4) is 0 Å².